The highest BCUT2D eigenvalue weighted by Gasteiger charge is 2.30. The van der Waals surface area contributed by atoms with Crippen LogP contribution in [0.1, 0.15) is 40.6 Å². The molecule has 0 N–H and O–H groups in total. The number of halogens is 1. The van der Waals surface area contributed by atoms with Crippen molar-refractivity contribution in [2.45, 2.75) is 25.7 Å². The predicted molar refractivity (Wildman–Crippen MR) is 98.7 cm³/mol. The second kappa shape index (κ2) is 7.31. The SMILES string of the molecule is Cc1cccc(-c2noc(C3CCCN(C(=O)c4ccccc4F)C3)n2)c1. The molecule has 6 heteroatoms. The number of hydrogen-bond acceptors (Lipinski definition) is 4. The first-order valence-electron chi connectivity index (χ1n) is 9.06. The van der Waals surface area contributed by atoms with Crippen LogP contribution >= 0.6 is 0 Å². The maximum absolute atomic E-state index is 14.0. The fraction of sp³-hybridized carbons (Fsp3) is 0.286. The number of nitrogens with zero attached hydrogens (tertiary/aromatic N) is 3. The van der Waals surface area contributed by atoms with Crippen molar-refractivity contribution in [2.24, 2.45) is 0 Å². The van der Waals surface area contributed by atoms with Gasteiger partial charge in [0.25, 0.3) is 5.91 Å². The molecule has 0 radical (unpaired) electrons. The number of aromatic nitrogens is 2. The highest BCUT2D eigenvalue weighted by Crippen LogP contribution is 2.28. The molecule has 4 rings (SSSR count). The zero-order chi connectivity index (χ0) is 18.8. The van der Waals surface area contributed by atoms with E-state index >= 15 is 0 Å². The van der Waals surface area contributed by atoms with Gasteiger partial charge in [-0.2, -0.15) is 4.98 Å². The third-order valence-corrected chi connectivity index (χ3v) is 4.88. The van der Waals surface area contributed by atoms with Gasteiger partial charge in [-0.15, -0.1) is 0 Å². The number of likely N-dealkylation sites (tertiary alicyclic amines) is 1. The summed E-state index contributed by atoms with van der Waals surface area (Å²) in [6.07, 6.45) is 1.67. The van der Waals surface area contributed by atoms with E-state index in [2.05, 4.69) is 10.1 Å². The molecular formula is C21H20FN3O2. The van der Waals surface area contributed by atoms with Crippen molar-refractivity contribution in [2.75, 3.05) is 13.1 Å². The second-order valence-electron chi connectivity index (χ2n) is 6.90. The molecule has 1 unspecified atom stereocenters. The molecule has 0 saturated carbocycles. The summed E-state index contributed by atoms with van der Waals surface area (Å²) in [7, 11) is 0. The Morgan fingerprint density at radius 2 is 2.07 bits per heavy atom. The average Bonchev–Trinajstić information content (AvgIpc) is 3.18. The quantitative estimate of drug-likeness (QED) is 0.698. The van der Waals surface area contributed by atoms with Gasteiger partial charge in [-0.25, -0.2) is 4.39 Å². The van der Waals surface area contributed by atoms with E-state index in [1.165, 1.54) is 12.1 Å². The Morgan fingerprint density at radius 1 is 1.22 bits per heavy atom. The Kier molecular flexibility index (Phi) is 4.71. The van der Waals surface area contributed by atoms with Gasteiger partial charge in [-0.05, 0) is 38.0 Å². The fourth-order valence-electron chi connectivity index (χ4n) is 3.47. The highest BCUT2D eigenvalue weighted by atomic mass is 19.1. The molecule has 1 aliphatic rings. The van der Waals surface area contributed by atoms with Gasteiger partial charge in [-0.1, -0.05) is 41.1 Å². The molecule has 1 atom stereocenters. The Balaban J connectivity index is 1.52. The van der Waals surface area contributed by atoms with E-state index in [-0.39, 0.29) is 17.4 Å². The standard InChI is InChI=1S/C21H20FN3O2/c1-14-6-4-7-15(12-14)19-23-20(27-24-19)16-8-5-11-25(13-16)21(26)17-9-2-3-10-18(17)22/h2-4,6-7,9-10,12,16H,5,8,11,13H2,1H3. The lowest BCUT2D eigenvalue weighted by Crippen LogP contribution is -2.39. The van der Waals surface area contributed by atoms with Crippen molar-refractivity contribution in [3.63, 3.8) is 0 Å². The van der Waals surface area contributed by atoms with E-state index in [0.29, 0.717) is 24.8 Å². The molecule has 138 valence electrons. The summed E-state index contributed by atoms with van der Waals surface area (Å²) in [6, 6.07) is 14.0. The number of aryl methyl sites for hydroxylation is 1. The van der Waals surface area contributed by atoms with Gasteiger partial charge in [-0.3, -0.25) is 4.79 Å². The van der Waals surface area contributed by atoms with Crippen LogP contribution in [-0.4, -0.2) is 34.0 Å². The Labute approximate surface area is 156 Å². The first-order chi connectivity index (χ1) is 13.1. The van der Waals surface area contributed by atoms with Gasteiger partial charge in [0, 0.05) is 18.7 Å². The van der Waals surface area contributed by atoms with E-state index in [0.717, 1.165) is 24.0 Å². The molecule has 1 saturated heterocycles. The fourth-order valence-corrected chi connectivity index (χ4v) is 3.47. The first-order valence-corrected chi connectivity index (χ1v) is 9.06. The number of hydrogen-bond donors (Lipinski definition) is 0. The lowest BCUT2D eigenvalue weighted by Gasteiger charge is -2.31. The summed E-state index contributed by atoms with van der Waals surface area (Å²) in [6.45, 7) is 3.06. The summed E-state index contributed by atoms with van der Waals surface area (Å²) in [4.78, 5) is 18.9. The van der Waals surface area contributed by atoms with E-state index < -0.39 is 5.82 Å². The van der Waals surface area contributed by atoms with E-state index in [1.807, 2.05) is 31.2 Å². The van der Waals surface area contributed by atoms with Gasteiger partial charge in [0.2, 0.25) is 11.7 Å². The molecule has 1 aliphatic heterocycles. The topological polar surface area (TPSA) is 59.2 Å². The lowest BCUT2D eigenvalue weighted by molar-refractivity contribution is 0.0691. The van der Waals surface area contributed by atoms with Crippen LogP contribution in [0.3, 0.4) is 0 Å². The molecule has 2 heterocycles. The zero-order valence-corrected chi connectivity index (χ0v) is 15.1. The van der Waals surface area contributed by atoms with E-state index in [9.17, 15) is 9.18 Å². The zero-order valence-electron chi connectivity index (χ0n) is 15.1. The summed E-state index contributed by atoms with van der Waals surface area (Å²) < 4.78 is 19.4. The van der Waals surface area contributed by atoms with E-state index in [4.69, 9.17) is 4.52 Å². The minimum Gasteiger partial charge on any atom is -0.339 e. The molecule has 1 amide bonds. The lowest BCUT2D eigenvalue weighted by atomic mass is 9.97. The molecule has 1 aromatic heterocycles. The number of rotatable bonds is 3. The van der Waals surface area contributed by atoms with Gasteiger partial charge in [0.15, 0.2) is 0 Å². The van der Waals surface area contributed by atoms with Gasteiger partial charge in [0.05, 0.1) is 11.5 Å². The predicted octanol–water partition coefficient (Wildman–Crippen LogP) is 4.20. The summed E-state index contributed by atoms with van der Waals surface area (Å²) >= 11 is 0. The van der Waals surface area contributed by atoms with Gasteiger partial charge in [0.1, 0.15) is 5.82 Å². The molecule has 5 nitrogen and oxygen atoms in total. The van der Waals surface area contributed by atoms with E-state index in [1.54, 1.807) is 17.0 Å². The minimum atomic E-state index is -0.496. The van der Waals surface area contributed by atoms with Gasteiger partial charge >= 0.3 is 0 Å². The van der Waals surface area contributed by atoms with Crippen molar-refractivity contribution in [3.8, 4) is 11.4 Å². The summed E-state index contributed by atoms with van der Waals surface area (Å²) in [5.74, 6) is 0.240. The van der Waals surface area contributed by atoms with Crippen LogP contribution in [0.15, 0.2) is 53.1 Å². The van der Waals surface area contributed by atoms with Crippen LogP contribution in [0.5, 0.6) is 0 Å². The van der Waals surface area contributed by atoms with Crippen molar-refractivity contribution in [3.05, 3.63) is 71.4 Å². The first kappa shape index (κ1) is 17.4. The number of piperidine rings is 1. The third kappa shape index (κ3) is 3.60. The van der Waals surface area contributed by atoms with Crippen LogP contribution in [0.25, 0.3) is 11.4 Å². The van der Waals surface area contributed by atoms with Crippen LogP contribution in [0.4, 0.5) is 4.39 Å². The van der Waals surface area contributed by atoms with Crippen LogP contribution < -0.4 is 0 Å². The summed E-state index contributed by atoms with van der Waals surface area (Å²) in [5, 5.41) is 4.10. The number of carbonyl (C=O) groups is 1. The second-order valence-corrected chi connectivity index (χ2v) is 6.90. The molecular weight excluding hydrogens is 345 g/mol. The van der Waals surface area contributed by atoms with Crippen LogP contribution in [-0.2, 0) is 0 Å². The average molecular weight is 365 g/mol. The van der Waals surface area contributed by atoms with Crippen molar-refractivity contribution >= 4 is 5.91 Å². The number of carbonyl (C=O) groups excluding carboxylic acids is 1. The van der Waals surface area contributed by atoms with Crippen molar-refractivity contribution in [1.82, 2.24) is 15.0 Å². The molecule has 0 bridgehead atoms. The Bertz CT molecular complexity index is 969. The number of benzene rings is 2. The highest BCUT2D eigenvalue weighted by molar-refractivity contribution is 5.94. The maximum Gasteiger partial charge on any atom is 0.256 e. The largest absolute Gasteiger partial charge is 0.339 e. The normalized spacial score (nSPS) is 17.1. The summed E-state index contributed by atoms with van der Waals surface area (Å²) in [5.41, 5.74) is 2.13. The smallest absolute Gasteiger partial charge is 0.256 e. The molecule has 0 spiro atoms. The van der Waals surface area contributed by atoms with Crippen LogP contribution in [0.2, 0.25) is 0 Å². The number of amides is 1. The molecule has 1 fully saturated rings. The van der Waals surface area contributed by atoms with Gasteiger partial charge < -0.3 is 9.42 Å². The van der Waals surface area contributed by atoms with Crippen molar-refractivity contribution < 1.29 is 13.7 Å². The molecule has 0 aliphatic carbocycles. The maximum atomic E-state index is 14.0. The van der Waals surface area contributed by atoms with Crippen LogP contribution in [0, 0.1) is 12.7 Å². The third-order valence-electron chi connectivity index (χ3n) is 4.88. The Morgan fingerprint density at radius 3 is 2.89 bits per heavy atom. The van der Waals surface area contributed by atoms with Crippen molar-refractivity contribution in [1.29, 1.82) is 0 Å². The molecule has 2 aromatic carbocycles. The minimum absolute atomic E-state index is 0.0412. The molecule has 3 aromatic rings. The Hall–Kier alpha value is -3.02. The molecule has 27 heavy (non-hydrogen) atoms. The monoisotopic (exact) mass is 365 g/mol.